The van der Waals surface area contributed by atoms with Crippen LogP contribution in [0.2, 0.25) is 0 Å². The topological polar surface area (TPSA) is 49.3 Å². The molecule has 0 aliphatic heterocycles. The van der Waals surface area contributed by atoms with Crippen LogP contribution in [0.1, 0.15) is 0 Å². The molecule has 0 aromatic carbocycles. The summed E-state index contributed by atoms with van der Waals surface area (Å²) < 4.78 is 0. The second-order valence-corrected chi connectivity index (χ2v) is 0.214. The van der Waals surface area contributed by atoms with Crippen molar-refractivity contribution in [1.29, 1.82) is 0 Å². The van der Waals surface area contributed by atoms with Crippen LogP contribution in [-0.4, -0.2) is 11.6 Å². The van der Waals surface area contributed by atoms with Gasteiger partial charge in [0.2, 0.25) is 0 Å². The molecule has 0 heterocycles. The largest absolute Gasteiger partial charge is 0.518 e. The molecule has 0 aliphatic rings. The molecule has 0 fully saturated rings. The maximum absolute atomic E-state index is 8.69. The van der Waals surface area contributed by atoms with Crippen LogP contribution in [-0.2, 0) is 37.5 Å². The molecular formula is C2H5NO2Y-2. The molecule has 35 valence electrons. The summed E-state index contributed by atoms with van der Waals surface area (Å²) in [6, 6.07) is 0. The Kier molecular flexibility index (Phi) is 47.3. The van der Waals surface area contributed by atoms with Gasteiger partial charge in [-0.2, -0.15) is 0 Å². The predicted octanol–water partition coefficient (Wildman–Crippen LogP) is -0.520. The smallest absolute Gasteiger partial charge is 0 e. The van der Waals surface area contributed by atoms with Crippen molar-refractivity contribution in [2.24, 2.45) is 0 Å². The third-order valence-corrected chi connectivity index (χ3v) is 0.0456. The molecule has 0 aromatic heterocycles. The van der Waals surface area contributed by atoms with E-state index < -0.39 is 0 Å². The van der Waals surface area contributed by atoms with Crippen LogP contribution in [0, 0.1) is 7.43 Å². The molecule has 0 rings (SSSR count). The van der Waals surface area contributed by atoms with Gasteiger partial charge in [-0.25, -0.2) is 0 Å². The monoisotopic (exact) mass is 164 g/mol. The number of carbonyl (C=O) groups excluding carboxylic acids is 1. The van der Waals surface area contributed by atoms with E-state index in [-0.39, 0.29) is 40.1 Å². The third-order valence-electron chi connectivity index (χ3n) is 0.0456. The normalized spacial score (nSPS) is 3.50. The zero-order valence-electron chi connectivity index (χ0n) is 3.43. The Balaban J connectivity index is -0.0000000450. The zero-order chi connectivity index (χ0) is 3.41. The summed E-state index contributed by atoms with van der Waals surface area (Å²) in [4.78, 5) is 8.69. The standard InChI is InChI=1S/CH2NO2.CH3.Y/c3-1-2-4;;/h4H,(H,2,3);1H3;/q2*-1;. The minimum Gasteiger partial charge on any atom is -0.518 e. The molecule has 4 heteroatoms. The number of hydrogen-bond donors (Lipinski definition) is 2. The molecule has 0 saturated carbocycles. The Morgan fingerprint density at radius 2 is 1.83 bits per heavy atom. The maximum Gasteiger partial charge on any atom is 0 e. The van der Waals surface area contributed by atoms with Crippen LogP contribution in [0.4, 0.5) is 0 Å². The minimum atomic E-state index is 0. The summed E-state index contributed by atoms with van der Waals surface area (Å²) in [5.41, 5.74) is 1.12. The average Bonchev–Trinajstić information content (AvgIpc) is 1.37. The van der Waals surface area contributed by atoms with Gasteiger partial charge >= 0.3 is 0 Å². The zero-order valence-corrected chi connectivity index (χ0v) is 6.27. The van der Waals surface area contributed by atoms with Crippen LogP contribution >= 0.6 is 0 Å². The van der Waals surface area contributed by atoms with E-state index in [9.17, 15) is 0 Å². The maximum atomic E-state index is 8.69. The number of hydrogen-bond acceptors (Lipinski definition) is 2. The van der Waals surface area contributed by atoms with Gasteiger partial charge in [-0.1, -0.05) is 0 Å². The Morgan fingerprint density at radius 1 is 1.67 bits per heavy atom. The van der Waals surface area contributed by atoms with Gasteiger partial charge in [0, 0.05) is 32.7 Å². The Hall–Kier alpha value is 0.534. The summed E-state index contributed by atoms with van der Waals surface area (Å²) >= 11 is 0. The molecule has 6 heavy (non-hydrogen) atoms. The van der Waals surface area contributed by atoms with Crippen LogP contribution in [0.3, 0.4) is 0 Å². The molecular weight excluding hydrogens is 159 g/mol. The van der Waals surface area contributed by atoms with Crippen molar-refractivity contribution in [3.8, 4) is 0 Å². The molecule has 1 amide bonds. The Morgan fingerprint density at radius 3 is 1.83 bits per heavy atom. The molecule has 0 unspecified atom stereocenters. The van der Waals surface area contributed by atoms with Crippen molar-refractivity contribution in [3.05, 3.63) is 7.43 Å². The average molecular weight is 164 g/mol. The van der Waals surface area contributed by atoms with Crippen LogP contribution in [0.15, 0.2) is 0 Å². The van der Waals surface area contributed by atoms with Gasteiger partial charge in [0.15, 0.2) is 0 Å². The Labute approximate surface area is 62.0 Å². The fourth-order valence-corrected chi connectivity index (χ4v) is 0. The summed E-state index contributed by atoms with van der Waals surface area (Å²) in [7, 11) is 0. The quantitative estimate of drug-likeness (QED) is 0.237. The fraction of sp³-hybridized carbons (Fsp3) is 0. The molecule has 3 nitrogen and oxygen atoms in total. The van der Waals surface area contributed by atoms with Gasteiger partial charge in [0.05, 0.1) is 0 Å². The molecule has 0 saturated heterocycles. The van der Waals surface area contributed by atoms with E-state index in [4.69, 9.17) is 10.0 Å². The van der Waals surface area contributed by atoms with E-state index in [0.29, 0.717) is 0 Å². The number of hydroxylamine groups is 1. The predicted molar refractivity (Wildman–Crippen MR) is 17.0 cm³/mol. The summed E-state index contributed by atoms with van der Waals surface area (Å²) in [6.45, 7) is 0. The SMILES string of the molecule is O=[C-]NO.[CH3-].[Y]. The summed E-state index contributed by atoms with van der Waals surface area (Å²) in [6.07, 6.45) is 0.986. The second kappa shape index (κ2) is 17.7. The number of rotatable bonds is 1. The van der Waals surface area contributed by atoms with E-state index in [1.807, 2.05) is 0 Å². The van der Waals surface area contributed by atoms with Crippen LogP contribution in [0.25, 0.3) is 0 Å². The summed E-state index contributed by atoms with van der Waals surface area (Å²) in [5.74, 6) is 0. The first kappa shape index (κ1) is 16.0. The van der Waals surface area contributed by atoms with Crippen molar-refractivity contribution in [3.63, 3.8) is 0 Å². The van der Waals surface area contributed by atoms with Crippen LogP contribution < -0.4 is 5.48 Å². The molecule has 1 radical (unpaired) electrons. The van der Waals surface area contributed by atoms with Gasteiger partial charge < -0.3 is 22.9 Å². The van der Waals surface area contributed by atoms with Crippen molar-refractivity contribution >= 4 is 6.41 Å². The molecule has 0 aliphatic carbocycles. The minimum absolute atomic E-state index is 0. The van der Waals surface area contributed by atoms with Crippen molar-refractivity contribution in [2.45, 2.75) is 0 Å². The van der Waals surface area contributed by atoms with Gasteiger partial charge in [-0.05, 0) is 0 Å². The van der Waals surface area contributed by atoms with E-state index >= 15 is 0 Å². The second-order valence-electron chi connectivity index (χ2n) is 0.214. The third kappa shape index (κ3) is 24.1. The van der Waals surface area contributed by atoms with Gasteiger partial charge in [-0.3, -0.25) is 0 Å². The van der Waals surface area contributed by atoms with Crippen molar-refractivity contribution in [1.82, 2.24) is 5.48 Å². The van der Waals surface area contributed by atoms with Gasteiger partial charge in [0.1, 0.15) is 0 Å². The molecule has 0 atom stereocenters. The number of nitrogens with one attached hydrogen (secondary N) is 1. The molecule has 2 N–H and O–H groups in total. The Bertz CT molecular complexity index is 25.5. The molecule has 0 bridgehead atoms. The first-order chi connectivity index (χ1) is 1.91. The van der Waals surface area contributed by atoms with E-state index in [1.165, 1.54) is 0 Å². The summed E-state index contributed by atoms with van der Waals surface area (Å²) in [5, 5.41) is 7.20. The van der Waals surface area contributed by atoms with Crippen molar-refractivity contribution < 1.29 is 42.7 Å². The fourth-order valence-electron chi connectivity index (χ4n) is 0. The van der Waals surface area contributed by atoms with E-state index in [2.05, 4.69) is 0 Å². The van der Waals surface area contributed by atoms with Crippen LogP contribution in [0.5, 0.6) is 0 Å². The number of amides is 1. The first-order valence-electron chi connectivity index (χ1n) is 0.678. The van der Waals surface area contributed by atoms with E-state index in [0.717, 1.165) is 11.9 Å². The molecule has 0 spiro atoms. The first-order valence-corrected chi connectivity index (χ1v) is 0.678. The van der Waals surface area contributed by atoms with E-state index in [1.54, 1.807) is 0 Å². The van der Waals surface area contributed by atoms with Gasteiger partial charge in [0.25, 0.3) is 0 Å². The molecule has 0 aromatic rings. The van der Waals surface area contributed by atoms with Crippen molar-refractivity contribution in [2.75, 3.05) is 0 Å². The van der Waals surface area contributed by atoms with Gasteiger partial charge in [-0.15, -0.1) is 6.41 Å².